The molecular weight excluding hydrogens is 316 g/mol. The van der Waals surface area contributed by atoms with Crippen molar-refractivity contribution in [2.75, 3.05) is 14.1 Å². The predicted molar refractivity (Wildman–Crippen MR) is 95.6 cm³/mol. The third-order valence-corrected chi connectivity index (χ3v) is 5.53. The van der Waals surface area contributed by atoms with Crippen molar-refractivity contribution in [2.45, 2.75) is 51.5 Å². The molecule has 7 heteroatoms. The number of urea groups is 1. The zero-order valence-electron chi connectivity index (χ0n) is 15.4. The highest BCUT2D eigenvalue weighted by molar-refractivity contribution is 5.74. The molecule has 25 heavy (non-hydrogen) atoms. The summed E-state index contributed by atoms with van der Waals surface area (Å²) in [4.78, 5) is 14.2. The Morgan fingerprint density at radius 2 is 1.96 bits per heavy atom. The lowest BCUT2D eigenvalue weighted by Gasteiger charge is -2.43. The molecule has 2 aromatic rings. The van der Waals surface area contributed by atoms with Gasteiger partial charge in [0.05, 0.1) is 5.69 Å². The highest BCUT2D eigenvalue weighted by Crippen LogP contribution is 2.41. The summed E-state index contributed by atoms with van der Waals surface area (Å²) < 4.78 is 1.81. The van der Waals surface area contributed by atoms with Gasteiger partial charge in [-0.05, 0) is 54.3 Å². The molecule has 1 saturated carbocycles. The van der Waals surface area contributed by atoms with E-state index < -0.39 is 5.54 Å². The van der Waals surface area contributed by atoms with Crippen LogP contribution in [0.1, 0.15) is 49.1 Å². The Morgan fingerprint density at radius 3 is 2.64 bits per heavy atom. The van der Waals surface area contributed by atoms with Gasteiger partial charge in [-0.25, -0.2) is 4.79 Å². The molecule has 2 amide bonds. The first-order chi connectivity index (χ1) is 12.0. The van der Waals surface area contributed by atoms with Crippen molar-refractivity contribution in [1.82, 2.24) is 30.4 Å². The molecule has 0 bridgehead atoms. The second kappa shape index (κ2) is 6.82. The van der Waals surface area contributed by atoms with Crippen molar-refractivity contribution in [3.05, 3.63) is 35.2 Å². The molecule has 0 unspecified atom stereocenters. The average molecular weight is 342 g/mol. The van der Waals surface area contributed by atoms with Gasteiger partial charge in [0.2, 0.25) is 0 Å². The van der Waals surface area contributed by atoms with E-state index in [0.717, 1.165) is 42.8 Å². The minimum atomic E-state index is -0.488. The maximum Gasteiger partial charge on any atom is 0.317 e. The van der Waals surface area contributed by atoms with Gasteiger partial charge >= 0.3 is 6.03 Å². The molecule has 1 N–H and O–H groups in total. The van der Waals surface area contributed by atoms with Gasteiger partial charge < -0.3 is 10.2 Å². The number of tetrazole rings is 1. The van der Waals surface area contributed by atoms with Crippen LogP contribution in [0, 0.1) is 13.8 Å². The van der Waals surface area contributed by atoms with E-state index in [4.69, 9.17) is 0 Å². The van der Waals surface area contributed by atoms with Gasteiger partial charge in [-0.1, -0.05) is 31.4 Å². The number of benzene rings is 1. The largest absolute Gasteiger partial charge is 0.341 e. The first-order valence-electron chi connectivity index (χ1n) is 8.82. The number of hydrogen-bond acceptors (Lipinski definition) is 4. The Balaban J connectivity index is 2.14. The molecule has 0 spiro atoms. The van der Waals surface area contributed by atoms with E-state index in [1.807, 2.05) is 23.9 Å². The SMILES string of the molecule is CNC(=O)N(C)C1(c2nnnn2-c2cccc(C)c2C)CCCCC1. The zero-order chi connectivity index (χ0) is 18.0. The minimum Gasteiger partial charge on any atom is -0.341 e. The second-order valence-electron chi connectivity index (χ2n) is 6.84. The number of nitrogens with zero attached hydrogens (tertiary/aromatic N) is 5. The summed E-state index contributed by atoms with van der Waals surface area (Å²) in [5.41, 5.74) is 2.81. The predicted octanol–water partition coefficient (Wildman–Crippen LogP) is 2.71. The Morgan fingerprint density at radius 1 is 1.24 bits per heavy atom. The van der Waals surface area contributed by atoms with Crippen molar-refractivity contribution >= 4 is 6.03 Å². The fourth-order valence-corrected chi connectivity index (χ4v) is 3.81. The van der Waals surface area contributed by atoms with E-state index in [1.165, 1.54) is 12.0 Å². The molecule has 0 radical (unpaired) electrons. The standard InChI is InChI=1S/C18H26N6O/c1-13-9-8-10-15(14(13)2)24-16(20-21-22-24)18(11-6-5-7-12-18)23(4)17(25)19-3/h8-10H,5-7,11-12H2,1-4H3,(H,19,25). The quantitative estimate of drug-likeness (QED) is 0.930. The Bertz CT molecular complexity index is 763. The Labute approximate surface area is 148 Å². The summed E-state index contributed by atoms with van der Waals surface area (Å²) in [5, 5.41) is 15.3. The molecule has 1 aromatic heterocycles. The van der Waals surface area contributed by atoms with E-state index in [0.29, 0.717) is 0 Å². The van der Waals surface area contributed by atoms with E-state index >= 15 is 0 Å². The van der Waals surface area contributed by atoms with Crippen LogP contribution in [-0.2, 0) is 5.54 Å². The van der Waals surface area contributed by atoms with Gasteiger partial charge in [0.25, 0.3) is 0 Å². The van der Waals surface area contributed by atoms with E-state index in [1.54, 1.807) is 11.9 Å². The Kier molecular flexibility index (Phi) is 4.74. The molecular formula is C18H26N6O. The van der Waals surface area contributed by atoms with Gasteiger partial charge in [0, 0.05) is 14.1 Å². The first-order valence-corrected chi connectivity index (χ1v) is 8.82. The molecule has 1 fully saturated rings. The number of aryl methyl sites for hydroxylation is 1. The number of nitrogens with one attached hydrogen (secondary N) is 1. The molecule has 1 aromatic carbocycles. The monoisotopic (exact) mass is 342 g/mol. The second-order valence-corrected chi connectivity index (χ2v) is 6.84. The highest BCUT2D eigenvalue weighted by atomic mass is 16.2. The molecule has 134 valence electrons. The fourth-order valence-electron chi connectivity index (χ4n) is 3.81. The van der Waals surface area contributed by atoms with E-state index in [-0.39, 0.29) is 6.03 Å². The van der Waals surface area contributed by atoms with Crippen LogP contribution in [-0.4, -0.2) is 45.2 Å². The third kappa shape index (κ3) is 2.88. The number of aromatic nitrogens is 4. The smallest absolute Gasteiger partial charge is 0.317 e. The number of hydrogen-bond donors (Lipinski definition) is 1. The van der Waals surface area contributed by atoms with Crippen LogP contribution in [0.15, 0.2) is 18.2 Å². The number of carbonyl (C=O) groups is 1. The molecule has 0 aliphatic heterocycles. The highest BCUT2D eigenvalue weighted by Gasteiger charge is 2.44. The lowest BCUT2D eigenvalue weighted by Crippen LogP contribution is -2.52. The Hall–Kier alpha value is -2.44. The van der Waals surface area contributed by atoms with E-state index in [2.05, 4.69) is 40.8 Å². The summed E-state index contributed by atoms with van der Waals surface area (Å²) in [5.74, 6) is 0.743. The minimum absolute atomic E-state index is 0.114. The molecule has 0 atom stereocenters. The zero-order valence-corrected chi connectivity index (χ0v) is 15.4. The van der Waals surface area contributed by atoms with Gasteiger partial charge in [-0.3, -0.25) is 0 Å². The third-order valence-electron chi connectivity index (χ3n) is 5.53. The topological polar surface area (TPSA) is 75.9 Å². The molecule has 7 nitrogen and oxygen atoms in total. The molecule has 1 aliphatic carbocycles. The van der Waals surface area contributed by atoms with E-state index in [9.17, 15) is 4.79 Å². The van der Waals surface area contributed by atoms with Crippen LogP contribution < -0.4 is 5.32 Å². The molecule has 0 saturated heterocycles. The maximum atomic E-state index is 12.4. The van der Waals surface area contributed by atoms with Crippen LogP contribution >= 0.6 is 0 Å². The summed E-state index contributed by atoms with van der Waals surface area (Å²) >= 11 is 0. The lowest BCUT2D eigenvalue weighted by molar-refractivity contribution is 0.0873. The summed E-state index contributed by atoms with van der Waals surface area (Å²) in [7, 11) is 3.50. The van der Waals surface area contributed by atoms with Crippen molar-refractivity contribution in [3.8, 4) is 5.69 Å². The fraction of sp³-hybridized carbons (Fsp3) is 0.556. The normalized spacial score (nSPS) is 16.5. The number of rotatable bonds is 3. The number of amides is 2. The van der Waals surface area contributed by atoms with Gasteiger partial charge in [0.15, 0.2) is 5.82 Å². The maximum absolute atomic E-state index is 12.4. The van der Waals surface area contributed by atoms with Crippen LogP contribution in [0.5, 0.6) is 0 Å². The van der Waals surface area contributed by atoms with Crippen molar-refractivity contribution in [2.24, 2.45) is 0 Å². The van der Waals surface area contributed by atoms with Crippen molar-refractivity contribution < 1.29 is 4.79 Å². The van der Waals surface area contributed by atoms with Crippen LogP contribution in [0.3, 0.4) is 0 Å². The van der Waals surface area contributed by atoms with Gasteiger partial charge in [0.1, 0.15) is 5.54 Å². The van der Waals surface area contributed by atoms with Crippen molar-refractivity contribution in [1.29, 1.82) is 0 Å². The van der Waals surface area contributed by atoms with Gasteiger partial charge in [-0.15, -0.1) is 5.10 Å². The van der Waals surface area contributed by atoms with Crippen LogP contribution in [0.2, 0.25) is 0 Å². The molecule has 1 heterocycles. The number of carbonyl (C=O) groups excluding carboxylic acids is 1. The lowest BCUT2D eigenvalue weighted by atomic mass is 9.79. The molecule has 3 rings (SSSR count). The van der Waals surface area contributed by atoms with Crippen LogP contribution in [0.25, 0.3) is 5.69 Å². The van der Waals surface area contributed by atoms with Crippen LogP contribution in [0.4, 0.5) is 4.79 Å². The van der Waals surface area contributed by atoms with Gasteiger partial charge in [-0.2, -0.15) is 4.68 Å². The van der Waals surface area contributed by atoms with Crippen molar-refractivity contribution in [3.63, 3.8) is 0 Å². The first kappa shape index (κ1) is 17.4. The summed E-state index contributed by atoms with van der Waals surface area (Å²) in [6.45, 7) is 4.15. The summed E-state index contributed by atoms with van der Waals surface area (Å²) in [6.07, 6.45) is 5.01. The molecule has 1 aliphatic rings. The average Bonchev–Trinajstić information content (AvgIpc) is 3.13. The summed E-state index contributed by atoms with van der Waals surface area (Å²) in [6, 6.07) is 6.01.